The molecule has 142 valence electrons. The molecule has 7 nitrogen and oxygen atoms in total. The summed E-state index contributed by atoms with van der Waals surface area (Å²) in [5, 5.41) is 11.7. The Hall–Kier alpha value is -3.17. The molecular formula is C19H17N5O2S2. The van der Waals surface area contributed by atoms with Gasteiger partial charge in [0.1, 0.15) is 0 Å². The Balaban J connectivity index is 1.72. The Morgan fingerprint density at radius 1 is 0.893 bits per heavy atom. The summed E-state index contributed by atoms with van der Waals surface area (Å²) in [5.74, 6) is -0.872. The van der Waals surface area contributed by atoms with Crippen LogP contribution in [0.1, 0.15) is 41.9 Å². The van der Waals surface area contributed by atoms with E-state index in [9.17, 15) is 9.59 Å². The van der Waals surface area contributed by atoms with Gasteiger partial charge in [-0.25, -0.2) is 10.9 Å². The highest BCUT2D eigenvalue weighted by Crippen LogP contribution is 2.13. The third-order valence-corrected chi connectivity index (χ3v) is 5.31. The molecule has 0 aromatic carbocycles. The first kappa shape index (κ1) is 19.6. The normalized spacial score (nSPS) is 11.2. The SMILES string of the molecule is Cc1nc(C)c(C(=O)NN=Cc2cccs2)cc1C(=O)NN=Cc1cccs1. The summed E-state index contributed by atoms with van der Waals surface area (Å²) in [5.41, 5.74) is 6.51. The number of rotatable bonds is 6. The summed E-state index contributed by atoms with van der Waals surface area (Å²) < 4.78 is 0. The first-order valence-electron chi connectivity index (χ1n) is 8.26. The average Bonchev–Trinajstić information content (AvgIpc) is 3.35. The van der Waals surface area contributed by atoms with Gasteiger partial charge in [0.05, 0.1) is 34.9 Å². The van der Waals surface area contributed by atoms with E-state index in [0.29, 0.717) is 11.4 Å². The molecule has 0 atom stereocenters. The van der Waals surface area contributed by atoms with Gasteiger partial charge in [-0.15, -0.1) is 22.7 Å². The van der Waals surface area contributed by atoms with E-state index < -0.39 is 11.8 Å². The molecule has 0 fully saturated rings. The Morgan fingerprint density at radius 3 is 1.75 bits per heavy atom. The predicted molar refractivity (Wildman–Crippen MR) is 112 cm³/mol. The molecule has 0 spiro atoms. The lowest BCUT2D eigenvalue weighted by molar-refractivity contribution is 0.0954. The fraction of sp³-hybridized carbons (Fsp3) is 0.105. The maximum Gasteiger partial charge on any atom is 0.273 e. The van der Waals surface area contributed by atoms with Crippen molar-refractivity contribution in [3.8, 4) is 0 Å². The van der Waals surface area contributed by atoms with Crippen LogP contribution in [0.25, 0.3) is 0 Å². The molecule has 0 radical (unpaired) electrons. The molecule has 0 aliphatic heterocycles. The summed E-state index contributed by atoms with van der Waals surface area (Å²) in [6.45, 7) is 3.42. The number of aromatic nitrogens is 1. The lowest BCUT2D eigenvalue weighted by atomic mass is 10.1. The molecule has 0 saturated heterocycles. The van der Waals surface area contributed by atoms with E-state index in [-0.39, 0.29) is 11.1 Å². The summed E-state index contributed by atoms with van der Waals surface area (Å²) in [6, 6.07) is 9.07. The molecule has 3 aromatic rings. The molecule has 9 heteroatoms. The maximum atomic E-state index is 12.4. The highest BCUT2D eigenvalue weighted by molar-refractivity contribution is 7.12. The van der Waals surface area contributed by atoms with Crippen molar-refractivity contribution < 1.29 is 9.59 Å². The fourth-order valence-corrected chi connectivity index (χ4v) is 3.51. The molecular weight excluding hydrogens is 394 g/mol. The second kappa shape index (κ2) is 9.16. The van der Waals surface area contributed by atoms with Crippen LogP contribution in [0, 0.1) is 13.8 Å². The molecule has 0 bridgehead atoms. The van der Waals surface area contributed by atoms with Gasteiger partial charge in [0.15, 0.2) is 0 Å². The third kappa shape index (κ3) is 4.96. The van der Waals surface area contributed by atoms with Gasteiger partial charge in [-0.3, -0.25) is 14.6 Å². The number of carbonyl (C=O) groups excluding carboxylic acids is 2. The first-order valence-corrected chi connectivity index (χ1v) is 10.0. The largest absolute Gasteiger partial charge is 0.273 e. The molecule has 0 saturated carbocycles. The lowest BCUT2D eigenvalue weighted by Gasteiger charge is -2.09. The number of nitrogens with one attached hydrogen (secondary N) is 2. The Kier molecular flexibility index (Phi) is 6.41. The molecule has 28 heavy (non-hydrogen) atoms. The smallest absolute Gasteiger partial charge is 0.267 e. The van der Waals surface area contributed by atoms with Crippen LogP contribution in [-0.4, -0.2) is 29.2 Å². The van der Waals surface area contributed by atoms with Gasteiger partial charge < -0.3 is 0 Å². The lowest BCUT2D eigenvalue weighted by Crippen LogP contribution is -2.23. The van der Waals surface area contributed by atoms with Gasteiger partial charge in [-0.1, -0.05) is 12.1 Å². The van der Waals surface area contributed by atoms with Crippen molar-refractivity contribution in [2.24, 2.45) is 10.2 Å². The van der Waals surface area contributed by atoms with Crippen LogP contribution in [0.2, 0.25) is 0 Å². The first-order chi connectivity index (χ1) is 13.5. The van der Waals surface area contributed by atoms with Gasteiger partial charge in [0.25, 0.3) is 11.8 Å². The number of aryl methyl sites for hydroxylation is 2. The van der Waals surface area contributed by atoms with Crippen LogP contribution in [0.3, 0.4) is 0 Å². The highest BCUT2D eigenvalue weighted by atomic mass is 32.1. The quantitative estimate of drug-likeness (QED) is 0.481. The van der Waals surface area contributed by atoms with Crippen LogP contribution in [0.5, 0.6) is 0 Å². The Labute approximate surface area is 169 Å². The molecule has 0 aliphatic carbocycles. The molecule has 0 aliphatic rings. The topological polar surface area (TPSA) is 95.8 Å². The summed E-state index contributed by atoms with van der Waals surface area (Å²) >= 11 is 3.02. The van der Waals surface area contributed by atoms with Crippen LogP contribution in [0.15, 0.2) is 51.3 Å². The number of amides is 2. The van der Waals surface area contributed by atoms with E-state index in [1.807, 2.05) is 35.0 Å². The number of hydrogen-bond acceptors (Lipinski definition) is 7. The highest BCUT2D eigenvalue weighted by Gasteiger charge is 2.17. The minimum absolute atomic E-state index is 0.279. The number of hydrogen-bond donors (Lipinski definition) is 2. The van der Waals surface area contributed by atoms with Gasteiger partial charge in [-0.2, -0.15) is 10.2 Å². The number of nitrogens with zero attached hydrogens (tertiary/aromatic N) is 3. The van der Waals surface area contributed by atoms with Gasteiger partial charge in [-0.05, 0) is 42.8 Å². The second-order valence-corrected chi connectivity index (χ2v) is 7.64. The minimum atomic E-state index is -0.436. The van der Waals surface area contributed by atoms with Crippen molar-refractivity contribution in [3.63, 3.8) is 0 Å². The molecule has 3 rings (SSSR count). The second-order valence-electron chi connectivity index (χ2n) is 5.68. The number of thiophene rings is 2. The van der Waals surface area contributed by atoms with Crippen LogP contribution in [0.4, 0.5) is 0 Å². The van der Waals surface area contributed by atoms with Crippen LogP contribution < -0.4 is 10.9 Å². The summed E-state index contributed by atoms with van der Waals surface area (Å²) in [7, 11) is 0. The zero-order valence-electron chi connectivity index (χ0n) is 15.2. The van der Waals surface area contributed by atoms with E-state index >= 15 is 0 Å². The fourth-order valence-electron chi connectivity index (χ4n) is 2.34. The monoisotopic (exact) mass is 411 g/mol. The van der Waals surface area contributed by atoms with E-state index in [4.69, 9.17) is 0 Å². The zero-order chi connectivity index (χ0) is 19.9. The summed E-state index contributed by atoms with van der Waals surface area (Å²) in [4.78, 5) is 31.0. The number of carbonyl (C=O) groups is 2. The molecule has 0 unspecified atom stereocenters. The van der Waals surface area contributed by atoms with Crippen LogP contribution >= 0.6 is 22.7 Å². The maximum absolute atomic E-state index is 12.4. The van der Waals surface area contributed by atoms with E-state index in [2.05, 4.69) is 26.0 Å². The zero-order valence-corrected chi connectivity index (χ0v) is 16.8. The Morgan fingerprint density at radius 2 is 1.36 bits per heavy atom. The minimum Gasteiger partial charge on any atom is -0.267 e. The van der Waals surface area contributed by atoms with Gasteiger partial charge >= 0.3 is 0 Å². The van der Waals surface area contributed by atoms with Crippen molar-refractivity contribution in [1.29, 1.82) is 0 Å². The molecule has 2 N–H and O–H groups in total. The predicted octanol–water partition coefficient (Wildman–Crippen LogP) is 3.35. The van der Waals surface area contributed by atoms with E-state index in [1.54, 1.807) is 26.3 Å². The average molecular weight is 412 g/mol. The summed E-state index contributed by atoms with van der Waals surface area (Å²) in [6.07, 6.45) is 3.12. The van der Waals surface area contributed by atoms with Crippen molar-refractivity contribution in [1.82, 2.24) is 15.8 Å². The molecule has 3 heterocycles. The van der Waals surface area contributed by atoms with E-state index in [0.717, 1.165) is 9.75 Å². The third-order valence-electron chi connectivity index (χ3n) is 3.70. The van der Waals surface area contributed by atoms with E-state index in [1.165, 1.54) is 28.7 Å². The van der Waals surface area contributed by atoms with Crippen molar-refractivity contribution >= 4 is 46.9 Å². The Bertz CT molecular complexity index is 946. The van der Waals surface area contributed by atoms with Crippen molar-refractivity contribution in [2.45, 2.75) is 13.8 Å². The van der Waals surface area contributed by atoms with Crippen molar-refractivity contribution in [2.75, 3.05) is 0 Å². The van der Waals surface area contributed by atoms with Gasteiger partial charge in [0, 0.05) is 9.75 Å². The van der Waals surface area contributed by atoms with Gasteiger partial charge in [0.2, 0.25) is 0 Å². The number of hydrazone groups is 2. The standard InChI is InChI=1S/C19H17N5O2S2/c1-12-16(18(25)23-20-10-14-5-3-7-27-14)9-17(13(2)22-12)19(26)24-21-11-15-6-4-8-28-15/h3-11H,1-2H3,(H,23,25)(H,24,26). The molecule has 3 aromatic heterocycles. The van der Waals surface area contributed by atoms with Crippen LogP contribution in [-0.2, 0) is 0 Å². The van der Waals surface area contributed by atoms with Crippen molar-refractivity contribution in [3.05, 3.63) is 73.4 Å². The molecule has 2 amide bonds. The number of pyridine rings is 1.